The van der Waals surface area contributed by atoms with Gasteiger partial charge in [-0.15, -0.1) is 5.10 Å². The van der Waals surface area contributed by atoms with Crippen molar-refractivity contribution in [3.63, 3.8) is 0 Å². The van der Waals surface area contributed by atoms with E-state index in [4.69, 9.17) is 15.4 Å². The molecule has 0 bridgehead atoms. The fraction of sp³-hybridized carbons (Fsp3) is 0.250. The molecule has 0 amide bonds. The summed E-state index contributed by atoms with van der Waals surface area (Å²) in [5.74, 6) is 0.386. The zero-order chi connectivity index (χ0) is 15.2. The minimum Gasteiger partial charge on any atom is -0.467 e. The lowest BCUT2D eigenvalue weighted by Crippen LogP contribution is -2.11. The van der Waals surface area contributed by atoms with Gasteiger partial charge in [-0.25, -0.2) is 4.68 Å². The average molecular weight is 304 g/mol. The van der Waals surface area contributed by atoms with E-state index < -0.39 is 0 Å². The second-order valence-electron chi connectivity index (χ2n) is 4.08. The topological polar surface area (TPSA) is 124 Å². The Labute approximate surface area is 124 Å². The largest absolute Gasteiger partial charge is 0.467 e. The van der Waals surface area contributed by atoms with Crippen LogP contribution in [-0.2, 0) is 11.3 Å². The van der Waals surface area contributed by atoms with Gasteiger partial charge in [0.1, 0.15) is 23.9 Å². The van der Waals surface area contributed by atoms with Crippen molar-refractivity contribution < 1.29 is 9.21 Å². The van der Waals surface area contributed by atoms with Crippen molar-refractivity contribution in [1.82, 2.24) is 20.2 Å². The molecule has 2 heterocycles. The molecule has 8 nitrogen and oxygen atoms in total. The Kier molecular flexibility index (Phi) is 4.73. The van der Waals surface area contributed by atoms with E-state index in [0.717, 1.165) is 11.8 Å². The van der Waals surface area contributed by atoms with Crippen LogP contribution in [0.4, 0.5) is 0 Å². The van der Waals surface area contributed by atoms with Gasteiger partial charge in [0.2, 0.25) is 5.16 Å². The number of allylic oxidation sites excluding steroid dienone is 2. The van der Waals surface area contributed by atoms with Crippen molar-refractivity contribution in [2.24, 2.45) is 5.73 Å². The Balaban J connectivity index is 2.02. The van der Waals surface area contributed by atoms with Gasteiger partial charge >= 0.3 is 0 Å². The molecule has 9 heteroatoms. The van der Waals surface area contributed by atoms with E-state index in [0.29, 0.717) is 17.5 Å². The first-order valence-corrected chi connectivity index (χ1v) is 6.91. The monoisotopic (exact) mass is 304 g/mol. The van der Waals surface area contributed by atoms with Gasteiger partial charge in [-0.05, 0) is 29.5 Å². The molecule has 0 saturated carbocycles. The van der Waals surface area contributed by atoms with E-state index >= 15 is 0 Å². The van der Waals surface area contributed by atoms with Crippen LogP contribution in [0.2, 0.25) is 0 Å². The van der Waals surface area contributed by atoms with Gasteiger partial charge in [-0.3, -0.25) is 4.79 Å². The Morgan fingerprint density at radius 3 is 3.05 bits per heavy atom. The van der Waals surface area contributed by atoms with E-state index in [-0.39, 0.29) is 22.8 Å². The van der Waals surface area contributed by atoms with Crippen LogP contribution >= 0.6 is 11.8 Å². The summed E-state index contributed by atoms with van der Waals surface area (Å²) in [7, 11) is 0. The standard InChI is InChI=1S/C12H12N6O2S/c1-8(14)10(5-13)11(19)7-21-12-15-16-17-18(12)6-9-3-2-4-20-9/h2-4H,6-7,14H2,1H3. The van der Waals surface area contributed by atoms with Crippen LogP contribution < -0.4 is 5.73 Å². The van der Waals surface area contributed by atoms with E-state index in [1.165, 1.54) is 11.6 Å². The van der Waals surface area contributed by atoms with Gasteiger partial charge in [0.05, 0.1) is 12.0 Å². The Morgan fingerprint density at radius 2 is 2.43 bits per heavy atom. The van der Waals surface area contributed by atoms with Crippen LogP contribution in [0, 0.1) is 11.3 Å². The van der Waals surface area contributed by atoms with E-state index in [2.05, 4.69) is 15.5 Å². The highest BCUT2D eigenvalue weighted by atomic mass is 32.2. The molecule has 108 valence electrons. The lowest BCUT2D eigenvalue weighted by atomic mass is 10.2. The van der Waals surface area contributed by atoms with E-state index in [9.17, 15) is 4.79 Å². The highest BCUT2D eigenvalue weighted by molar-refractivity contribution is 7.99. The molecule has 2 aromatic heterocycles. The Bertz CT molecular complexity index is 694. The second kappa shape index (κ2) is 6.71. The van der Waals surface area contributed by atoms with Gasteiger partial charge in [-0.1, -0.05) is 11.8 Å². The molecule has 0 aliphatic rings. The summed E-state index contributed by atoms with van der Waals surface area (Å²) in [6.45, 7) is 1.88. The molecule has 0 spiro atoms. The maximum Gasteiger partial charge on any atom is 0.210 e. The fourth-order valence-electron chi connectivity index (χ4n) is 1.52. The molecule has 0 aliphatic carbocycles. The lowest BCUT2D eigenvalue weighted by Gasteiger charge is -2.02. The maximum absolute atomic E-state index is 11.9. The average Bonchev–Trinajstić information content (AvgIpc) is 3.09. The fourth-order valence-corrected chi connectivity index (χ4v) is 2.27. The molecular weight excluding hydrogens is 292 g/mol. The number of furan rings is 1. The van der Waals surface area contributed by atoms with Crippen LogP contribution in [0.25, 0.3) is 0 Å². The summed E-state index contributed by atoms with van der Waals surface area (Å²) < 4.78 is 6.73. The Morgan fingerprint density at radius 1 is 1.62 bits per heavy atom. The van der Waals surface area contributed by atoms with Gasteiger partial charge in [-0.2, -0.15) is 5.26 Å². The van der Waals surface area contributed by atoms with E-state index in [1.54, 1.807) is 24.5 Å². The number of carbonyl (C=O) groups excluding carboxylic acids is 1. The van der Waals surface area contributed by atoms with Crippen molar-refractivity contribution in [3.05, 3.63) is 35.4 Å². The summed E-state index contributed by atoms with van der Waals surface area (Å²) in [6, 6.07) is 5.37. The van der Waals surface area contributed by atoms with Crippen molar-refractivity contribution >= 4 is 17.5 Å². The second-order valence-corrected chi connectivity index (χ2v) is 5.02. The smallest absolute Gasteiger partial charge is 0.210 e. The molecule has 0 fully saturated rings. The zero-order valence-electron chi connectivity index (χ0n) is 11.2. The number of Topliss-reactive ketones (excluding diaryl/α,β-unsaturated/α-hetero) is 1. The molecule has 0 aromatic carbocycles. The third kappa shape index (κ3) is 3.70. The van der Waals surface area contributed by atoms with Gasteiger partial charge in [0.25, 0.3) is 0 Å². The van der Waals surface area contributed by atoms with Crippen molar-refractivity contribution in [1.29, 1.82) is 5.26 Å². The van der Waals surface area contributed by atoms with Crippen LogP contribution in [-0.4, -0.2) is 31.7 Å². The molecule has 0 radical (unpaired) electrons. The van der Waals surface area contributed by atoms with Crippen molar-refractivity contribution in [2.75, 3.05) is 5.75 Å². The number of rotatable bonds is 6. The predicted octanol–water partition coefficient (Wildman–Crippen LogP) is 0.732. The van der Waals surface area contributed by atoms with Gasteiger partial charge in [0.15, 0.2) is 5.78 Å². The zero-order valence-corrected chi connectivity index (χ0v) is 12.0. The summed E-state index contributed by atoms with van der Waals surface area (Å²) in [5, 5.41) is 20.6. The van der Waals surface area contributed by atoms with Gasteiger partial charge < -0.3 is 10.2 Å². The predicted molar refractivity (Wildman–Crippen MR) is 73.9 cm³/mol. The number of thioether (sulfide) groups is 1. The number of ketones is 1. The number of tetrazole rings is 1. The van der Waals surface area contributed by atoms with Gasteiger partial charge in [0, 0.05) is 5.70 Å². The first-order chi connectivity index (χ1) is 10.1. The van der Waals surface area contributed by atoms with E-state index in [1.807, 2.05) is 0 Å². The number of nitrogens with zero attached hydrogens (tertiary/aromatic N) is 5. The number of nitriles is 1. The molecule has 2 N–H and O–H groups in total. The van der Waals surface area contributed by atoms with Crippen LogP contribution in [0.3, 0.4) is 0 Å². The third-order valence-electron chi connectivity index (χ3n) is 2.50. The van der Waals surface area contributed by atoms with Crippen LogP contribution in [0.1, 0.15) is 12.7 Å². The number of hydrogen-bond acceptors (Lipinski definition) is 8. The quantitative estimate of drug-likeness (QED) is 0.470. The number of carbonyl (C=O) groups is 1. The normalized spacial score (nSPS) is 11.8. The minimum absolute atomic E-state index is 0.0347. The maximum atomic E-state index is 11.9. The van der Waals surface area contributed by atoms with Crippen molar-refractivity contribution in [3.8, 4) is 6.07 Å². The number of hydrogen-bond donors (Lipinski definition) is 1. The minimum atomic E-state index is -0.352. The third-order valence-corrected chi connectivity index (χ3v) is 3.46. The molecule has 0 saturated heterocycles. The molecule has 2 aromatic rings. The highest BCUT2D eigenvalue weighted by Gasteiger charge is 2.15. The van der Waals surface area contributed by atoms with Crippen LogP contribution in [0.5, 0.6) is 0 Å². The molecular formula is C12H12N6O2S. The first-order valence-electron chi connectivity index (χ1n) is 5.92. The van der Waals surface area contributed by atoms with Crippen molar-refractivity contribution in [2.45, 2.75) is 18.6 Å². The molecule has 0 unspecified atom stereocenters. The number of nitrogens with two attached hydrogens (primary N) is 1. The summed E-state index contributed by atoms with van der Waals surface area (Å²) in [4.78, 5) is 11.9. The van der Waals surface area contributed by atoms with Crippen LogP contribution in [0.15, 0.2) is 39.2 Å². The summed E-state index contributed by atoms with van der Waals surface area (Å²) >= 11 is 1.14. The highest BCUT2D eigenvalue weighted by Crippen LogP contribution is 2.17. The number of aromatic nitrogens is 4. The summed E-state index contributed by atoms with van der Waals surface area (Å²) in [6.07, 6.45) is 1.56. The Hall–Kier alpha value is -2.60. The first kappa shape index (κ1) is 14.8. The molecule has 2 rings (SSSR count). The SMILES string of the molecule is CC(N)=C(C#N)C(=O)CSc1nnnn1Cc1ccco1. The molecule has 21 heavy (non-hydrogen) atoms. The summed E-state index contributed by atoms with van der Waals surface area (Å²) in [5.41, 5.74) is 5.66. The lowest BCUT2D eigenvalue weighted by molar-refractivity contribution is -0.112. The molecule has 0 atom stereocenters. The molecule has 0 aliphatic heterocycles.